The number of halogens is 1. The van der Waals surface area contributed by atoms with Gasteiger partial charge in [0, 0.05) is 22.8 Å². The SMILES string of the molecule is O=C1OC2(c3ccc(O)cc3Oc3c2ccc(O)c3I)c2ccccc21. The van der Waals surface area contributed by atoms with Crippen molar-refractivity contribution < 1.29 is 24.5 Å². The van der Waals surface area contributed by atoms with Crippen molar-refractivity contribution in [1.29, 1.82) is 0 Å². The van der Waals surface area contributed by atoms with Crippen molar-refractivity contribution in [2.75, 3.05) is 0 Å². The van der Waals surface area contributed by atoms with Crippen LogP contribution in [-0.4, -0.2) is 16.2 Å². The molecular formula is C20H11IO5. The van der Waals surface area contributed by atoms with Gasteiger partial charge < -0.3 is 19.7 Å². The number of esters is 1. The quantitative estimate of drug-likeness (QED) is 0.389. The number of carbonyl (C=O) groups excluding carboxylic acids is 1. The molecule has 5 rings (SSSR count). The average Bonchev–Trinajstić information content (AvgIpc) is 2.92. The molecule has 0 fully saturated rings. The molecule has 128 valence electrons. The Morgan fingerprint density at radius 3 is 2.54 bits per heavy atom. The van der Waals surface area contributed by atoms with Gasteiger partial charge in [0.2, 0.25) is 0 Å². The van der Waals surface area contributed by atoms with Crippen LogP contribution in [0.4, 0.5) is 0 Å². The van der Waals surface area contributed by atoms with Crippen LogP contribution in [0, 0.1) is 3.57 Å². The summed E-state index contributed by atoms with van der Waals surface area (Å²) in [5.41, 5.74) is 1.28. The zero-order valence-electron chi connectivity index (χ0n) is 13.2. The lowest BCUT2D eigenvalue weighted by atomic mass is 9.77. The first-order valence-electron chi connectivity index (χ1n) is 7.88. The fraction of sp³-hybridized carbons (Fsp3) is 0.0500. The molecule has 0 saturated carbocycles. The number of ether oxygens (including phenoxy) is 2. The predicted molar refractivity (Wildman–Crippen MR) is 101 cm³/mol. The Morgan fingerprint density at radius 1 is 0.923 bits per heavy atom. The standard InChI is InChI=1S/C20H11IO5/c21-17-15(23)8-7-14-18(17)25-16-9-10(22)5-6-13(16)20(14)12-4-2-1-3-11(12)19(24)26-20/h1-9,22-23H. The first-order chi connectivity index (χ1) is 12.5. The molecule has 5 nitrogen and oxygen atoms in total. The fourth-order valence-electron chi connectivity index (χ4n) is 3.68. The minimum Gasteiger partial charge on any atom is -0.508 e. The maximum atomic E-state index is 12.6. The monoisotopic (exact) mass is 458 g/mol. The Kier molecular flexibility index (Phi) is 3.06. The van der Waals surface area contributed by atoms with Gasteiger partial charge in [0.15, 0.2) is 11.4 Å². The molecule has 3 aromatic rings. The second kappa shape index (κ2) is 5.14. The molecular weight excluding hydrogens is 447 g/mol. The molecule has 1 atom stereocenters. The summed E-state index contributed by atoms with van der Waals surface area (Å²) < 4.78 is 12.5. The zero-order chi connectivity index (χ0) is 18.1. The highest BCUT2D eigenvalue weighted by Gasteiger charge is 2.54. The molecule has 2 aliphatic heterocycles. The molecule has 0 bridgehead atoms. The highest BCUT2D eigenvalue weighted by molar-refractivity contribution is 14.1. The second-order valence-electron chi connectivity index (χ2n) is 6.17. The van der Waals surface area contributed by atoms with Gasteiger partial charge in [-0.2, -0.15) is 0 Å². The normalized spacial score (nSPS) is 19.3. The second-order valence-corrected chi connectivity index (χ2v) is 7.25. The molecule has 3 aromatic carbocycles. The smallest absolute Gasteiger partial charge is 0.340 e. The van der Waals surface area contributed by atoms with Gasteiger partial charge in [-0.15, -0.1) is 0 Å². The number of rotatable bonds is 0. The molecule has 1 spiro atoms. The van der Waals surface area contributed by atoms with E-state index in [-0.39, 0.29) is 11.5 Å². The highest BCUT2D eigenvalue weighted by Crippen LogP contribution is 2.58. The highest BCUT2D eigenvalue weighted by atomic mass is 127. The minimum absolute atomic E-state index is 0.0371. The van der Waals surface area contributed by atoms with Crippen molar-refractivity contribution in [1.82, 2.24) is 0 Å². The lowest BCUT2D eigenvalue weighted by Gasteiger charge is -2.37. The molecule has 0 aliphatic carbocycles. The third-order valence-corrected chi connectivity index (χ3v) is 5.83. The molecule has 0 saturated heterocycles. The maximum Gasteiger partial charge on any atom is 0.340 e. The number of aromatic hydroxyl groups is 2. The van der Waals surface area contributed by atoms with Crippen molar-refractivity contribution in [2.24, 2.45) is 0 Å². The number of fused-ring (bicyclic) bond motifs is 6. The van der Waals surface area contributed by atoms with Crippen LogP contribution in [0.3, 0.4) is 0 Å². The van der Waals surface area contributed by atoms with Gasteiger partial charge in [-0.25, -0.2) is 4.79 Å². The number of carbonyl (C=O) groups is 1. The van der Waals surface area contributed by atoms with Crippen LogP contribution in [0.15, 0.2) is 54.6 Å². The van der Waals surface area contributed by atoms with Gasteiger partial charge in [-0.3, -0.25) is 0 Å². The summed E-state index contributed by atoms with van der Waals surface area (Å²) in [6.07, 6.45) is 0. The Hall–Kier alpha value is -2.74. The molecule has 2 N–H and O–H groups in total. The maximum absolute atomic E-state index is 12.6. The third-order valence-electron chi connectivity index (χ3n) is 4.78. The number of hydrogen-bond acceptors (Lipinski definition) is 5. The Balaban J connectivity index is 1.93. The van der Waals surface area contributed by atoms with Crippen molar-refractivity contribution in [2.45, 2.75) is 5.60 Å². The van der Waals surface area contributed by atoms with Crippen LogP contribution in [0.1, 0.15) is 27.0 Å². The molecule has 6 heteroatoms. The number of benzene rings is 3. The summed E-state index contributed by atoms with van der Waals surface area (Å²) >= 11 is 1.99. The van der Waals surface area contributed by atoms with Gasteiger partial charge in [-0.05, 0) is 52.9 Å². The van der Waals surface area contributed by atoms with Crippen LogP contribution in [-0.2, 0) is 10.3 Å². The molecule has 0 aromatic heterocycles. The third kappa shape index (κ3) is 1.82. The van der Waals surface area contributed by atoms with E-state index in [0.29, 0.717) is 37.3 Å². The molecule has 2 heterocycles. The van der Waals surface area contributed by atoms with E-state index in [9.17, 15) is 15.0 Å². The molecule has 1 unspecified atom stereocenters. The summed E-state index contributed by atoms with van der Waals surface area (Å²) in [6, 6.07) is 15.2. The van der Waals surface area contributed by atoms with Gasteiger partial charge in [0.25, 0.3) is 0 Å². The number of hydrogen-bond donors (Lipinski definition) is 2. The zero-order valence-corrected chi connectivity index (χ0v) is 15.4. The Morgan fingerprint density at radius 2 is 1.69 bits per heavy atom. The summed E-state index contributed by atoms with van der Waals surface area (Å²) in [5.74, 6) is 0.477. The molecule has 2 aliphatic rings. The van der Waals surface area contributed by atoms with E-state index in [4.69, 9.17) is 9.47 Å². The van der Waals surface area contributed by atoms with Gasteiger partial charge in [-0.1, -0.05) is 18.2 Å². The minimum atomic E-state index is -1.18. The number of phenolic OH excluding ortho intramolecular Hbond substituents is 2. The van der Waals surface area contributed by atoms with E-state index in [1.807, 2.05) is 34.7 Å². The van der Waals surface area contributed by atoms with Crippen molar-refractivity contribution in [3.8, 4) is 23.0 Å². The van der Waals surface area contributed by atoms with Gasteiger partial charge in [0.1, 0.15) is 17.2 Å². The van der Waals surface area contributed by atoms with Crippen molar-refractivity contribution in [3.05, 3.63) is 80.4 Å². The number of phenols is 2. The predicted octanol–water partition coefficient (Wildman–Crippen LogP) is 4.27. The Bertz CT molecular complexity index is 1110. The van der Waals surface area contributed by atoms with Gasteiger partial charge in [0.05, 0.1) is 9.13 Å². The lowest BCUT2D eigenvalue weighted by Crippen LogP contribution is -2.33. The van der Waals surface area contributed by atoms with Crippen LogP contribution in [0.5, 0.6) is 23.0 Å². The first-order valence-corrected chi connectivity index (χ1v) is 8.96. The summed E-state index contributed by atoms with van der Waals surface area (Å²) in [5, 5.41) is 20.0. The van der Waals surface area contributed by atoms with E-state index in [1.54, 1.807) is 30.3 Å². The fourth-order valence-corrected chi connectivity index (χ4v) is 4.26. The van der Waals surface area contributed by atoms with E-state index in [2.05, 4.69) is 0 Å². The van der Waals surface area contributed by atoms with Gasteiger partial charge >= 0.3 is 5.97 Å². The van der Waals surface area contributed by atoms with Crippen molar-refractivity contribution >= 4 is 28.6 Å². The van der Waals surface area contributed by atoms with E-state index >= 15 is 0 Å². The van der Waals surface area contributed by atoms with Crippen LogP contribution >= 0.6 is 22.6 Å². The molecule has 26 heavy (non-hydrogen) atoms. The molecule has 0 radical (unpaired) electrons. The van der Waals surface area contributed by atoms with Crippen LogP contribution in [0.25, 0.3) is 0 Å². The van der Waals surface area contributed by atoms with Crippen LogP contribution in [0.2, 0.25) is 0 Å². The lowest BCUT2D eigenvalue weighted by molar-refractivity contribution is 0.0223. The van der Waals surface area contributed by atoms with E-state index in [1.165, 1.54) is 12.1 Å². The summed E-state index contributed by atoms with van der Waals surface area (Å²) in [4.78, 5) is 12.6. The first kappa shape index (κ1) is 15.5. The summed E-state index contributed by atoms with van der Waals surface area (Å²) in [7, 11) is 0. The van der Waals surface area contributed by atoms with E-state index < -0.39 is 11.6 Å². The van der Waals surface area contributed by atoms with E-state index in [0.717, 1.165) is 0 Å². The van der Waals surface area contributed by atoms with Crippen molar-refractivity contribution in [3.63, 3.8) is 0 Å². The topological polar surface area (TPSA) is 76.0 Å². The average molecular weight is 458 g/mol. The largest absolute Gasteiger partial charge is 0.508 e. The molecule has 0 amide bonds. The Labute approximate surface area is 162 Å². The van der Waals surface area contributed by atoms with Crippen LogP contribution < -0.4 is 4.74 Å². The summed E-state index contributed by atoms with van der Waals surface area (Å²) in [6.45, 7) is 0.